The summed E-state index contributed by atoms with van der Waals surface area (Å²) in [5.41, 5.74) is 3.23. The summed E-state index contributed by atoms with van der Waals surface area (Å²) in [4.78, 5) is 0. The number of nitrogens with zero attached hydrogens (tertiary/aromatic N) is 1. The van der Waals surface area contributed by atoms with E-state index >= 15 is 4.57 Å². The Morgan fingerprint density at radius 1 is 0.302 bits per heavy atom. The third kappa shape index (κ3) is 4.50. The van der Waals surface area contributed by atoms with E-state index in [1.165, 1.54) is 37.7 Å². The fourth-order valence-electron chi connectivity index (χ4n) is 8.65. The summed E-state index contributed by atoms with van der Waals surface area (Å²) < 4.78 is 18.7. The standard InChI is InChI=1S/C50H32NOP/c52-53(38-24-22-33-12-4-6-14-35(33)28-38,39-25-23-34-13-5-7-15-36(34)29-39)40-26-27-45-48-31-46-43-20-10-8-18-41(43)42-19-9-11-21-44(42)47(46)32-50(48)51(49(45)30-40)37-16-2-1-3-17-37/h1-32H. The van der Waals surface area contributed by atoms with Crippen LogP contribution in [0, 0.1) is 0 Å². The number of hydrogen-bond acceptors (Lipinski definition) is 1. The SMILES string of the molecule is O=P(c1ccc2ccccc2c1)(c1ccc2ccccc2c1)c1ccc2c3cc4c5ccccc5c5ccccc5c4cc3n(-c3ccccc3)c2c1. The smallest absolute Gasteiger partial charge is 0.171 e. The second-order valence-electron chi connectivity index (χ2n) is 14.1. The van der Waals surface area contributed by atoms with Gasteiger partial charge in [0.05, 0.1) is 11.0 Å². The van der Waals surface area contributed by atoms with Gasteiger partial charge in [-0.25, -0.2) is 0 Å². The van der Waals surface area contributed by atoms with Gasteiger partial charge in [-0.2, -0.15) is 0 Å². The summed E-state index contributed by atoms with van der Waals surface area (Å²) in [7, 11) is -3.37. The Labute approximate surface area is 306 Å². The fraction of sp³-hybridized carbons (Fsp3) is 0. The molecular formula is C50H32NOP. The number of benzene rings is 10. The lowest BCUT2D eigenvalue weighted by Crippen LogP contribution is -2.25. The Bertz CT molecular complexity index is 3240. The van der Waals surface area contributed by atoms with Gasteiger partial charge in [0.15, 0.2) is 7.14 Å². The van der Waals surface area contributed by atoms with Gasteiger partial charge in [0.25, 0.3) is 0 Å². The zero-order chi connectivity index (χ0) is 35.1. The first-order valence-electron chi connectivity index (χ1n) is 18.1. The Morgan fingerprint density at radius 2 is 0.736 bits per heavy atom. The lowest BCUT2D eigenvalue weighted by atomic mass is 9.93. The number of rotatable bonds is 4. The monoisotopic (exact) mass is 693 g/mol. The molecular weight excluding hydrogens is 662 g/mol. The van der Waals surface area contributed by atoms with Crippen LogP contribution in [0.4, 0.5) is 0 Å². The molecule has 0 fully saturated rings. The van der Waals surface area contributed by atoms with Crippen LogP contribution in [0.15, 0.2) is 194 Å². The molecule has 1 heterocycles. The Morgan fingerprint density at radius 3 is 1.32 bits per heavy atom. The number of aromatic nitrogens is 1. The average molecular weight is 694 g/mol. The highest BCUT2D eigenvalue weighted by atomic mass is 31.2. The van der Waals surface area contributed by atoms with Crippen LogP contribution in [-0.2, 0) is 4.57 Å². The largest absolute Gasteiger partial charge is 0.309 e. The minimum atomic E-state index is -3.37. The van der Waals surface area contributed by atoms with E-state index < -0.39 is 7.14 Å². The van der Waals surface area contributed by atoms with Gasteiger partial charge < -0.3 is 9.13 Å². The van der Waals surface area contributed by atoms with Crippen LogP contribution in [-0.4, -0.2) is 4.57 Å². The Hall–Kier alpha value is -6.47. The fourth-order valence-corrected chi connectivity index (χ4v) is 11.3. The third-order valence-corrected chi connectivity index (χ3v) is 14.2. The molecule has 0 aliphatic heterocycles. The van der Waals surface area contributed by atoms with Gasteiger partial charge in [-0.05, 0) is 96.3 Å². The number of fused-ring (bicyclic) bond motifs is 11. The molecule has 3 heteroatoms. The van der Waals surface area contributed by atoms with E-state index in [2.05, 4.69) is 187 Å². The molecule has 0 atom stereocenters. The molecule has 248 valence electrons. The first kappa shape index (κ1) is 30.2. The van der Waals surface area contributed by atoms with Crippen molar-refractivity contribution in [2.75, 3.05) is 0 Å². The highest BCUT2D eigenvalue weighted by Crippen LogP contribution is 2.46. The van der Waals surface area contributed by atoms with Gasteiger partial charge in [-0.15, -0.1) is 0 Å². The van der Waals surface area contributed by atoms with E-state index in [1.54, 1.807) is 0 Å². The molecule has 0 spiro atoms. The van der Waals surface area contributed by atoms with Crippen LogP contribution < -0.4 is 15.9 Å². The molecule has 11 rings (SSSR count). The van der Waals surface area contributed by atoms with Gasteiger partial charge in [0, 0.05) is 32.4 Å². The van der Waals surface area contributed by atoms with Crippen molar-refractivity contribution in [3.63, 3.8) is 0 Å². The Kier molecular flexibility index (Phi) is 6.56. The molecule has 53 heavy (non-hydrogen) atoms. The van der Waals surface area contributed by atoms with Crippen LogP contribution in [0.1, 0.15) is 0 Å². The van der Waals surface area contributed by atoms with Crippen molar-refractivity contribution < 1.29 is 4.57 Å². The van der Waals surface area contributed by atoms with Gasteiger partial charge in [-0.1, -0.05) is 152 Å². The van der Waals surface area contributed by atoms with E-state index in [9.17, 15) is 0 Å². The van der Waals surface area contributed by atoms with Gasteiger partial charge in [0.2, 0.25) is 0 Å². The van der Waals surface area contributed by atoms with Crippen LogP contribution in [0.3, 0.4) is 0 Å². The van der Waals surface area contributed by atoms with Crippen LogP contribution in [0.5, 0.6) is 0 Å². The molecule has 0 N–H and O–H groups in total. The maximum Gasteiger partial charge on any atom is 0.171 e. The highest BCUT2D eigenvalue weighted by Gasteiger charge is 2.31. The van der Waals surface area contributed by atoms with E-state index in [4.69, 9.17) is 0 Å². The second kappa shape index (κ2) is 11.5. The van der Waals surface area contributed by atoms with Gasteiger partial charge >= 0.3 is 0 Å². The van der Waals surface area contributed by atoms with Crippen molar-refractivity contribution >= 4 is 98.7 Å². The van der Waals surface area contributed by atoms with Crippen LogP contribution in [0.25, 0.3) is 81.4 Å². The summed E-state index contributed by atoms with van der Waals surface area (Å²) in [6.07, 6.45) is 0. The number of para-hydroxylation sites is 1. The van der Waals surface area contributed by atoms with E-state index in [1.807, 2.05) is 12.1 Å². The molecule has 11 aromatic rings. The lowest BCUT2D eigenvalue weighted by Gasteiger charge is -2.21. The molecule has 0 saturated carbocycles. The molecule has 0 saturated heterocycles. The molecule has 10 aromatic carbocycles. The predicted molar refractivity (Wildman–Crippen MR) is 228 cm³/mol. The summed E-state index contributed by atoms with van der Waals surface area (Å²) in [6, 6.07) is 68.6. The summed E-state index contributed by atoms with van der Waals surface area (Å²) in [6.45, 7) is 0. The molecule has 0 radical (unpaired) electrons. The van der Waals surface area contributed by atoms with Gasteiger partial charge in [-0.3, -0.25) is 0 Å². The van der Waals surface area contributed by atoms with Crippen molar-refractivity contribution in [3.05, 3.63) is 194 Å². The van der Waals surface area contributed by atoms with Crippen molar-refractivity contribution in [2.24, 2.45) is 0 Å². The maximum atomic E-state index is 16.3. The first-order chi connectivity index (χ1) is 26.1. The van der Waals surface area contributed by atoms with Gasteiger partial charge in [0.1, 0.15) is 0 Å². The minimum absolute atomic E-state index is 0.816. The summed E-state index contributed by atoms with van der Waals surface area (Å²) in [5, 5.41) is 16.7. The maximum absolute atomic E-state index is 16.3. The molecule has 0 bridgehead atoms. The zero-order valence-electron chi connectivity index (χ0n) is 28.8. The topological polar surface area (TPSA) is 22.0 Å². The average Bonchev–Trinajstić information content (AvgIpc) is 3.55. The quantitative estimate of drug-likeness (QED) is 0.133. The van der Waals surface area contributed by atoms with Crippen LogP contribution in [0.2, 0.25) is 0 Å². The van der Waals surface area contributed by atoms with Crippen molar-refractivity contribution in [2.45, 2.75) is 0 Å². The molecule has 2 nitrogen and oxygen atoms in total. The van der Waals surface area contributed by atoms with Crippen molar-refractivity contribution in [3.8, 4) is 5.69 Å². The van der Waals surface area contributed by atoms with E-state index in [0.29, 0.717) is 0 Å². The molecule has 0 amide bonds. The molecule has 0 unspecified atom stereocenters. The minimum Gasteiger partial charge on any atom is -0.309 e. The molecule has 0 aliphatic rings. The highest BCUT2D eigenvalue weighted by molar-refractivity contribution is 7.85. The summed E-state index contributed by atoms with van der Waals surface area (Å²) in [5.74, 6) is 0. The van der Waals surface area contributed by atoms with E-state index in [0.717, 1.165) is 59.6 Å². The third-order valence-electron chi connectivity index (χ3n) is 11.2. The van der Waals surface area contributed by atoms with E-state index in [-0.39, 0.29) is 0 Å². The number of hydrogen-bond donors (Lipinski definition) is 0. The lowest BCUT2D eigenvalue weighted by molar-refractivity contribution is 0.592. The second-order valence-corrected chi connectivity index (χ2v) is 16.8. The van der Waals surface area contributed by atoms with Crippen LogP contribution >= 0.6 is 7.14 Å². The summed E-state index contributed by atoms with van der Waals surface area (Å²) >= 11 is 0. The van der Waals surface area contributed by atoms with Crippen molar-refractivity contribution in [1.29, 1.82) is 0 Å². The first-order valence-corrected chi connectivity index (χ1v) is 19.8. The normalized spacial score (nSPS) is 12.2. The van der Waals surface area contributed by atoms with Crippen molar-refractivity contribution in [1.82, 2.24) is 4.57 Å². The molecule has 0 aliphatic carbocycles. The molecule has 1 aromatic heterocycles. The predicted octanol–water partition coefficient (Wildman–Crippen LogP) is 12.2. The Balaban J connectivity index is 1.26. The zero-order valence-corrected chi connectivity index (χ0v) is 29.7.